The Morgan fingerprint density at radius 2 is 1.03 bits per heavy atom. The normalized spacial score (nSPS) is 15.1. The van der Waals surface area contributed by atoms with Crippen molar-refractivity contribution in [2.24, 2.45) is 0 Å². The average Bonchev–Trinajstić information content (AvgIpc) is 3.81. The molecule has 0 bridgehead atoms. The molecular formula is C56H37NS. The molecule has 0 aliphatic rings. The molecule has 0 radical (unpaired) electrons. The maximum atomic E-state index is 9.84. The van der Waals surface area contributed by atoms with Gasteiger partial charge in [-0.05, 0) is 102 Å². The van der Waals surface area contributed by atoms with Crippen LogP contribution in [0.15, 0.2) is 224 Å². The van der Waals surface area contributed by atoms with Crippen LogP contribution in [-0.2, 0) is 0 Å². The molecule has 0 aliphatic carbocycles. The number of thiophene rings is 1. The van der Waals surface area contributed by atoms with E-state index in [4.69, 9.17) is 11.0 Å². The van der Waals surface area contributed by atoms with Crippen LogP contribution < -0.4 is 4.90 Å². The first-order valence-corrected chi connectivity index (χ1v) is 19.4. The second kappa shape index (κ2) is 14.4. The van der Waals surface area contributed by atoms with Crippen molar-refractivity contribution in [2.45, 2.75) is 0 Å². The molecule has 1 nitrogen and oxygen atoms in total. The predicted molar refractivity (Wildman–Crippen MR) is 251 cm³/mol. The number of benzene rings is 10. The summed E-state index contributed by atoms with van der Waals surface area (Å²) in [6, 6.07) is 32.7. The number of anilines is 3. The molecular weight excluding hydrogens is 719 g/mol. The molecule has 11 rings (SSSR count). The monoisotopic (exact) mass is 770 g/mol. The zero-order valence-corrected chi connectivity index (χ0v) is 31.4. The lowest BCUT2D eigenvalue weighted by Gasteiger charge is -2.26. The first kappa shape index (κ1) is 21.9. The fourth-order valence-corrected chi connectivity index (χ4v) is 8.95. The van der Waals surface area contributed by atoms with Crippen LogP contribution in [-0.4, -0.2) is 0 Å². The Hall–Kier alpha value is -7.26. The SMILES string of the molecule is [2H]c1c([2H])c([2H])c(-c2c([2H])c([2H])c([2H])c3c([2H])c([2H])c(-c4c([2H])c([2H])c(N(c5ccc(-c6ccccc6-c6ccccc6)cc5)c5cccc6c5sc5c7ccccc7ccc65)c([2H])c4[2H])c([2H])c23)c([2H])c1[2H]. The van der Waals surface area contributed by atoms with Gasteiger partial charge in [-0.15, -0.1) is 11.3 Å². The van der Waals surface area contributed by atoms with Crippen LogP contribution in [0.3, 0.4) is 0 Å². The van der Waals surface area contributed by atoms with E-state index in [9.17, 15) is 9.60 Å². The van der Waals surface area contributed by atoms with Crippen molar-refractivity contribution >= 4 is 70.1 Å². The lowest BCUT2D eigenvalue weighted by molar-refractivity contribution is 1.30. The Bertz CT molecular complexity index is 4100. The van der Waals surface area contributed by atoms with Gasteiger partial charge in [-0.2, -0.15) is 0 Å². The molecule has 1 heterocycles. The third-order valence-corrected chi connectivity index (χ3v) is 11.6. The number of nitrogens with zero attached hydrogens (tertiary/aromatic N) is 1. The molecule has 0 fully saturated rings. The highest BCUT2D eigenvalue weighted by atomic mass is 32.1. The number of hydrogen-bond acceptors (Lipinski definition) is 2. The van der Waals surface area contributed by atoms with Crippen molar-refractivity contribution in [3.63, 3.8) is 0 Å². The van der Waals surface area contributed by atoms with Crippen molar-refractivity contribution < 1.29 is 20.6 Å². The second-order valence-electron chi connectivity index (χ2n) is 13.7. The molecule has 11 aromatic rings. The molecule has 0 atom stereocenters. The van der Waals surface area contributed by atoms with Crippen LogP contribution in [0.1, 0.15) is 20.6 Å². The van der Waals surface area contributed by atoms with E-state index in [1.54, 1.807) is 4.90 Å². The molecule has 0 N–H and O–H groups in total. The summed E-state index contributed by atoms with van der Waals surface area (Å²) in [5.74, 6) is 0. The third kappa shape index (κ3) is 5.94. The Kier molecular flexibility index (Phi) is 5.41. The number of hydrogen-bond donors (Lipinski definition) is 0. The molecule has 0 aliphatic heterocycles. The molecule has 0 saturated carbocycles. The quantitative estimate of drug-likeness (QED) is 0.156. The van der Waals surface area contributed by atoms with E-state index in [0.717, 1.165) is 53.2 Å². The summed E-state index contributed by atoms with van der Waals surface area (Å²) in [4.78, 5) is 1.68. The summed E-state index contributed by atoms with van der Waals surface area (Å²) < 4.78 is 138. The lowest BCUT2D eigenvalue weighted by Crippen LogP contribution is -2.10. The lowest BCUT2D eigenvalue weighted by atomic mass is 9.94. The van der Waals surface area contributed by atoms with Gasteiger partial charge in [0.05, 0.1) is 30.9 Å². The summed E-state index contributed by atoms with van der Waals surface area (Å²) in [7, 11) is 0. The van der Waals surface area contributed by atoms with E-state index in [1.807, 2.05) is 115 Å². The highest BCUT2D eigenvalue weighted by Gasteiger charge is 2.20. The molecule has 0 spiro atoms. The summed E-state index contributed by atoms with van der Waals surface area (Å²) in [5.41, 5.74) is 2.54. The summed E-state index contributed by atoms with van der Waals surface area (Å²) in [6.07, 6.45) is 0. The van der Waals surface area contributed by atoms with Crippen molar-refractivity contribution in [3.8, 4) is 44.5 Å². The van der Waals surface area contributed by atoms with Gasteiger partial charge >= 0.3 is 0 Å². The summed E-state index contributed by atoms with van der Waals surface area (Å²) in [6.45, 7) is 0. The van der Waals surface area contributed by atoms with Crippen LogP contribution in [0, 0.1) is 0 Å². The fourth-order valence-electron chi connectivity index (χ4n) is 7.61. The minimum absolute atomic E-state index is 0.156. The van der Waals surface area contributed by atoms with E-state index in [1.165, 1.54) is 11.3 Å². The van der Waals surface area contributed by atoms with E-state index >= 15 is 0 Å². The molecule has 2 heteroatoms. The van der Waals surface area contributed by atoms with E-state index in [0.29, 0.717) is 11.4 Å². The topological polar surface area (TPSA) is 3.24 Å². The van der Waals surface area contributed by atoms with Gasteiger partial charge in [-0.1, -0.05) is 188 Å². The fraction of sp³-hybridized carbons (Fsp3) is 0. The summed E-state index contributed by atoms with van der Waals surface area (Å²) >= 11 is 1.54. The minimum Gasteiger partial charge on any atom is -0.309 e. The van der Waals surface area contributed by atoms with Crippen molar-refractivity contribution in [1.82, 2.24) is 0 Å². The maximum Gasteiger partial charge on any atom is 0.0645 e. The third-order valence-electron chi connectivity index (χ3n) is 10.3. The molecule has 0 amide bonds. The molecule has 10 aromatic carbocycles. The van der Waals surface area contributed by atoms with Gasteiger partial charge in [-0.25, -0.2) is 0 Å². The minimum atomic E-state index is -0.781. The van der Waals surface area contributed by atoms with Crippen LogP contribution in [0.2, 0.25) is 0 Å². The van der Waals surface area contributed by atoms with Crippen molar-refractivity contribution in [3.05, 3.63) is 224 Å². The average molecular weight is 771 g/mol. The van der Waals surface area contributed by atoms with Gasteiger partial charge in [0, 0.05) is 26.8 Å². The highest BCUT2D eigenvalue weighted by molar-refractivity contribution is 7.27. The van der Waals surface area contributed by atoms with Crippen molar-refractivity contribution in [1.29, 1.82) is 0 Å². The molecule has 272 valence electrons. The smallest absolute Gasteiger partial charge is 0.0645 e. The molecule has 0 unspecified atom stereocenters. The van der Waals surface area contributed by atoms with E-state index in [-0.39, 0.29) is 5.69 Å². The van der Waals surface area contributed by atoms with Gasteiger partial charge in [-0.3, -0.25) is 0 Å². The van der Waals surface area contributed by atoms with E-state index < -0.39 is 124 Å². The Labute approximate surface area is 363 Å². The van der Waals surface area contributed by atoms with Gasteiger partial charge in [0.1, 0.15) is 0 Å². The molecule has 58 heavy (non-hydrogen) atoms. The van der Waals surface area contributed by atoms with Crippen LogP contribution in [0.5, 0.6) is 0 Å². The first-order chi connectivity index (χ1) is 35.0. The molecule has 1 aromatic heterocycles. The number of rotatable bonds is 7. The second-order valence-corrected chi connectivity index (χ2v) is 14.7. The predicted octanol–water partition coefficient (Wildman–Crippen LogP) is 16.5. The maximum absolute atomic E-state index is 9.84. The van der Waals surface area contributed by atoms with Crippen LogP contribution in [0.25, 0.3) is 86.2 Å². The summed E-state index contributed by atoms with van der Waals surface area (Å²) in [5, 5.41) is 3.01. The number of fused-ring (bicyclic) bond motifs is 6. The Morgan fingerprint density at radius 3 is 1.84 bits per heavy atom. The van der Waals surface area contributed by atoms with Crippen LogP contribution >= 0.6 is 11.3 Å². The largest absolute Gasteiger partial charge is 0.309 e. The van der Waals surface area contributed by atoms with Gasteiger partial charge < -0.3 is 4.90 Å². The van der Waals surface area contributed by atoms with E-state index in [2.05, 4.69) is 18.2 Å². The zero-order valence-electron chi connectivity index (χ0n) is 45.6. The van der Waals surface area contributed by atoms with Crippen LogP contribution in [0.4, 0.5) is 17.1 Å². The molecule has 0 saturated heterocycles. The van der Waals surface area contributed by atoms with Gasteiger partial charge in [0.25, 0.3) is 0 Å². The van der Waals surface area contributed by atoms with Gasteiger partial charge in [0.15, 0.2) is 0 Å². The first-order valence-electron chi connectivity index (χ1n) is 26.1. The standard InChI is InChI=1S/C56H37NS/c1-3-13-39(14-4-1)47-19-9-10-20-48(47)43-29-34-46(35-30-43)57(54-24-12-23-51-52-36-31-41-17-7-8-21-50(41)55(52)58-56(51)54)45-32-27-38(28-33-45)44-26-25-42-18-11-22-49(53(42)37-44)40-15-5-2-6-16-40/h1-37H/i2D,5D,6D,11D,15D,16D,18D,22D,25D,26D,27D,28D,32D,33D,37D. The Balaban J connectivity index is 1.18. The Morgan fingerprint density at radius 1 is 0.345 bits per heavy atom. The van der Waals surface area contributed by atoms with Crippen molar-refractivity contribution in [2.75, 3.05) is 4.90 Å². The highest BCUT2D eigenvalue weighted by Crippen LogP contribution is 2.47. The van der Waals surface area contributed by atoms with Gasteiger partial charge in [0.2, 0.25) is 0 Å². The zero-order chi connectivity index (χ0) is 51.5.